The molecule has 2 aliphatic carbocycles. The van der Waals surface area contributed by atoms with Crippen molar-refractivity contribution < 1.29 is 0 Å². The third-order valence-electron chi connectivity index (χ3n) is 7.96. The van der Waals surface area contributed by atoms with E-state index in [0.29, 0.717) is 0 Å². The van der Waals surface area contributed by atoms with Crippen molar-refractivity contribution in [2.24, 2.45) is 0 Å². The Morgan fingerprint density at radius 2 is 1.31 bits per heavy atom. The van der Waals surface area contributed by atoms with Crippen molar-refractivity contribution in [3.63, 3.8) is 0 Å². The predicted molar refractivity (Wildman–Crippen MR) is 140 cm³/mol. The first-order valence-electron chi connectivity index (χ1n) is 12.0. The van der Waals surface area contributed by atoms with Gasteiger partial charge in [0.15, 0.2) is 0 Å². The van der Waals surface area contributed by atoms with Crippen molar-refractivity contribution in [2.45, 2.75) is 12.8 Å². The Labute approximate surface area is 200 Å². The van der Waals surface area contributed by atoms with Crippen LogP contribution < -0.4 is 0 Å². The van der Waals surface area contributed by atoms with E-state index in [-0.39, 0.29) is 0 Å². The molecular weight excluding hydrogens is 428 g/mol. The molecule has 0 fully saturated rings. The van der Waals surface area contributed by atoms with Crippen molar-refractivity contribution in [1.29, 1.82) is 0 Å². The predicted octanol–water partition coefficient (Wildman–Crippen LogP) is 6.73. The maximum absolute atomic E-state index is 5.15. The lowest BCUT2D eigenvalue weighted by Crippen LogP contribution is -1.93. The van der Waals surface area contributed by atoms with Crippen LogP contribution in [0.25, 0.3) is 60.6 Å². The first kappa shape index (κ1) is 17.8. The average molecular weight is 447 g/mol. The highest BCUT2D eigenvalue weighted by atomic mass is 15.0. The minimum Gasteiger partial charge on any atom is -0.290 e. The van der Waals surface area contributed by atoms with E-state index in [1.807, 2.05) is 24.8 Å². The zero-order chi connectivity index (χ0) is 22.7. The Bertz CT molecular complexity index is 2070. The summed E-state index contributed by atoms with van der Waals surface area (Å²) in [6.07, 6.45) is 9.59. The third-order valence-corrected chi connectivity index (χ3v) is 7.96. The molecule has 0 amide bonds. The number of imidazole rings is 1. The molecule has 3 aromatic carbocycles. The van der Waals surface area contributed by atoms with Gasteiger partial charge in [0.1, 0.15) is 5.65 Å². The maximum atomic E-state index is 5.15. The Hall–Kier alpha value is -4.57. The summed E-state index contributed by atoms with van der Waals surface area (Å²) in [6, 6.07) is 22.5. The number of nitrogens with zero attached hydrogens (tertiary/aromatic N) is 4. The molecule has 0 bridgehead atoms. The molecule has 35 heavy (non-hydrogen) atoms. The fraction of sp³-hybridized carbons (Fsp3) is 0.0645. The summed E-state index contributed by atoms with van der Waals surface area (Å²) < 4.78 is 2.27. The highest BCUT2D eigenvalue weighted by molar-refractivity contribution is 6.13. The van der Waals surface area contributed by atoms with Crippen LogP contribution in [-0.4, -0.2) is 19.4 Å². The highest BCUT2D eigenvalue weighted by Gasteiger charge is 2.26. The Balaban J connectivity index is 1.35. The third kappa shape index (κ3) is 2.20. The van der Waals surface area contributed by atoms with Crippen LogP contribution in [-0.2, 0) is 12.8 Å². The number of pyridine rings is 3. The summed E-state index contributed by atoms with van der Waals surface area (Å²) in [4.78, 5) is 14.0. The summed E-state index contributed by atoms with van der Waals surface area (Å²) in [7, 11) is 0. The van der Waals surface area contributed by atoms with E-state index in [9.17, 15) is 0 Å². The molecule has 4 heteroatoms. The summed E-state index contributed by atoms with van der Waals surface area (Å²) in [5.74, 6) is 0. The highest BCUT2D eigenvalue weighted by Crippen LogP contribution is 2.46. The van der Waals surface area contributed by atoms with Crippen LogP contribution in [0, 0.1) is 0 Å². The summed E-state index contributed by atoms with van der Waals surface area (Å²) >= 11 is 0. The molecule has 4 nitrogen and oxygen atoms in total. The molecule has 0 atom stereocenters. The molecule has 9 rings (SSSR count). The molecule has 0 saturated carbocycles. The van der Waals surface area contributed by atoms with Gasteiger partial charge in [-0.15, -0.1) is 0 Å². The number of fused-ring (bicyclic) bond motifs is 14. The average Bonchev–Trinajstić information content (AvgIpc) is 3.56. The topological polar surface area (TPSA) is 43.1 Å². The van der Waals surface area contributed by atoms with Crippen molar-refractivity contribution in [3.8, 4) is 22.3 Å². The molecule has 0 saturated heterocycles. The maximum Gasteiger partial charge on any atom is 0.147 e. The summed E-state index contributed by atoms with van der Waals surface area (Å²) in [5, 5.41) is 3.40. The Morgan fingerprint density at radius 1 is 0.571 bits per heavy atom. The Kier molecular flexibility index (Phi) is 3.11. The van der Waals surface area contributed by atoms with Gasteiger partial charge in [0.25, 0.3) is 0 Å². The van der Waals surface area contributed by atoms with E-state index in [4.69, 9.17) is 4.98 Å². The largest absolute Gasteiger partial charge is 0.290 e. The number of hydrogen-bond acceptors (Lipinski definition) is 3. The van der Waals surface area contributed by atoms with Crippen molar-refractivity contribution in [2.75, 3.05) is 0 Å². The van der Waals surface area contributed by atoms with Crippen LogP contribution in [0.3, 0.4) is 0 Å². The van der Waals surface area contributed by atoms with E-state index in [1.54, 1.807) is 0 Å². The normalized spacial score (nSPS) is 13.5. The Morgan fingerprint density at radius 3 is 2.26 bits per heavy atom. The van der Waals surface area contributed by atoms with E-state index in [2.05, 4.69) is 75.0 Å². The molecule has 4 heterocycles. The van der Waals surface area contributed by atoms with Gasteiger partial charge >= 0.3 is 0 Å². The van der Waals surface area contributed by atoms with Crippen molar-refractivity contribution >= 4 is 38.4 Å². The van der Waals surface area contributed by atoms with E-state index in [0.717, 1.165) is 45.8 Å². The van der Waals surface area contributed by atoms with Gasteiger partial charge in [-0.2, -0.15) is 0 Å². The summed E-state index contributed by atoms with van der Waals surface area (Å²) in [5.41, 5.74) is 15.3. The zero-order valence-corrected chi connectivity index (χ0v) is 18.8. The number of rotatable bonds is 0. The molecule has 0 unspecified atom stereocenters. The van der Waals surface area contributed by atoms with Crippen molar-refractivity contribution in [1.82, 2.24) is 19.4 Å². The number of hydrogen-bond donors (Lipinski definition) is 0. The minimum absolute atomic E-state index is 0.940. The molecule has 7 aromatic rings. The summed E-state index contributed by atoms with van der Waals surface area (Å²) in [6.45, 7) is 0. The van der Waals surface area contributed by atoms with E-state index in [1.165, 1.54) is 49.9 Å². The first-order valence-corrected chi connectivity index (χ1v) is 12.0. The van der Waals surface area contributed by atoms with Gasteiger partial charge in [-0.3, -0.25) is 14.4 Å². The zero-order valence-electron chi connectivity index (χ0n) is 18.8. The number of benzene rings is 3. The van der Waals surface area contributed by atoms with E-state index < -0.39 is 0 Å². The van der Waals surface area contributed by atoms with Crippen LogP contribution in [0.1, 0.15) is 22.3 Å². The molecule has 0 N–H and O–H groups in total. The fourth-order valence-corrected chi connectivity index (χ4v) is 6.43. The number of aromatic nitrogens is 4. The van der Waals surface area contributed by atoms with Crippen LogP contribution >= 0.6 is 0 Å². The van der Waals surface area contributed by atoms with Gasteiger partial charge in [0.2, 0.25) is 0 Å². The van der Waals surface area contributed by atoms with Gasteiger partial charge < -0.3 is 0 Å². The SMILES string of the molecule is c1ccc2c(c1)Cc1cc3c(cc1-2)-c1cc2nc4c5cnccc5c5ccncc5n4c2cc1C3. The molecule has 0 spiro atoms. The van der Waals surface area contributed by atoms with Gasteiger partial charge in [0, 0.05) is 29.4 Å². The van der Waals surface area contributed by atoms with Gasteiger partial charge in [-0.1, -0.05) is 30.3 Å². The van der Waals surface area contributed by atoms with Gasteiger partial charge in [-0.05, 0) is 93.1 Å². The lowest BCUT2D eigenvalue weighted by atomic mass is 9.98. The first-order chi connectivity index (χ1) is 17.3. The van der Waals surface area contributed by atoms with Crippen LogP contribution in [0.4, 0.5) is 0 Å². The molecule has 4 aromatic heterocycles. The molecular formula is C31H18N4. The molecule has 0 radical (unpaired) electrons. The van der Waals surface area contributed by atoms with Gasteiger partial charge in [0.05, 0.1) is 22.7 Å². The second kappa shape index (κ2) is 6.10. The molecule has 0 aliphatic heterocycles. The minimum atomic E-state index is 0.940. The monoisotopic (exact) mass is 446 g/mol. The van der Waals surface area contributed by atoms with Gasteiger partial charge in [-0.25, -0.2) is 4.98 Å². The lowest BCUT2D eigenvalue weighted by Gasteiger charge is -2.08. The van der Waals surface area contributed by atoms with Crippen LogP contribution in [0.5, 0.6) is 0 Å². The van der Waals surface area contributed by atoms with Crippen molar-refractivity contribution in [3.05, 3.63) is 108 Å². The second-order valence-corrected chi connectivity index (χ2v) is 9.76. The van der Waals surface area contributed by atoms with Crippen LogP contribution in [0.15, 0.2) is 85.5 Å². The van der Waals surface area contributed by atoms with E-state index >= 15 is 0 Å². The second-order valence-electron chi connectivity index (χ2n) is 9.76. The van der Waals surface area contributed by atoms with Crippen LogP contribution in [0.2, 0.25) is 0 Å². The quantitative estimate of drug-likeness (QED) is 0.243. The lowest BCUT2D eigenvalue weighted by molar-refractivity contribution is 1.21. The molecule has 2 aliphatic rings. The fourth-order valence-electron chi connectivity index (χ4n) is 6.43. The standard InChI is InChI=1S/C31H18N4/c1-2-4-21-17(3-1)9-18-10-19-11-20-12-29-28(14-26(20)25(19)13-24(18)21)34-31-27-15-32-7-5-22(27)23-6-8-33-16-30(23)35(29)31/h1-8,10,12-16H,9,11H2. The smallest absolute Gasteiger partial charge is 0.147 e. The molecule has 162 valence electrons.